The van der Waals surface area contributed by atoms with E-state index in [1.807, 2.05) is 12.3 Å². The second-order valence-corrected chi connectivity index (χ2v) is 2.36. The Morgan fingerprint density at radius 2 is 2.57 bits per heavy atom. The minimum atomic E-state index is 1.39. The van der Waals surface area contributed by atoms with Gasteiger partial charge in [0, 0.05) is 21.0 Å². The van der Waals surface area contributed by atoms with Gasteiger partial charge in [-0.2, -0.15) is 5.10 Å². The Kier molecular flexibility index (Phi) is 1.76. The molecule has 0 saturated heterocycles. The maximum atomic E-state index is 3.87. The Morgan fingerprint density at radius 1 is 1.71 bits per heavy atom. The fourth-order valence-electron chi connectivity index (χ4n) is 0.296. The smallest absolute Gasteiger partial charge is 0.0544 e. The number of halogens is 1. The van der Waals surface area contributed by atoms with Gasteiger partial charge in [0.05, 0.1) is 16.6 Å². The van der Waals surface area contributed by atoms with Crippen LogP contribution in [0.15, 0.2) is 18.5 Å². The fraction of sp³-hybridized carbons (Fsp3) is 0. The van der Waals surface area contributed by atoms with E-state index in [-0.39, 0.29) is 0 Å². The van der Waals surface area contributed by atoms with E-state index in [9.17, 15) is 0 Å². The number of hydrogen-bond donors (Lipinski definition) is 0. The van der Waals surface area contributed by atoms with Crippen molar-refractivity contribution in [1.29, 1.82) is 0 Å². The monoisotopic (exact) mass is 178 g/mol. The minimum Gasteiger partial charge on any atom is -0.203 e. The first-order valence-corrected chi connectivity index (χ1v) is 4.34. The first kappa shape index (κ1) is 5.18. The highest BCUT2D eigenvalue weighted by Crippen LogP contribution is 2.10. The molecule has 0 bridgehead atoms. The highest BCUT2D eigenvalue weighted by atomic mass is 79.9. The molecule has 2 nitrogen and oxygen atoms in total. The lowest BCUT2D eigenvalue weighted by Gasteiger charge is -1.83. The van der Waals surface area contributed by atoms with Gasteiger partial charge in [-0.15, -0.1) is 0 Å². The average molecular weight is 179 g/mol. The zero-order valence-electron chi connectivity index (χ0n) is 3.41. The fourth-order valence-corrected chi connectivity index (χ4v) is 1.02. The van der Waals surface area contributed by atoms with E-state index in [4.69, 9.17) is 0 Å². The van der Waals surface area contributed by atoms with Crippen LogP contribution in [0.25, 0.3) is 0 Å². The van der Waals surface area contributed by atoms with Crippen molar-refractivity contribution < 1.29 is 0 Å². The van der Waals surface area contributed by atoms with E-state index in [0.29, 0.717) is 0 Å². The van der Waals surface area contributed by atoms with Crippen LogP contribution >= 0.6 is 25.2 Å². The molecule has 0 spiro atoms. The van der Waals surface area contributed by atoms with Gasteiger partial charge in [0.1, 0.15) is 0 Å². The summed E-state index contributed by atoms with van der Waals surface area (Å²) in [5.74, 6) is 0. The third-order valence-electron chi connectivity index (χ3n) is 0.551. The van der Waals surface area contributed by atoms with Crippen LogP contribution in [0.2, 0.25) is 0 Å². The highest BCUT2D eigenvalue weighted by Gasteiger charge is 1.80. The predicted octanol–water partition coefficient (Wildman–Crippen LogP) is 1.69. The third-order valence-corrected chi connectivity index (χ3v) is 1.80. The van der Waals surface area contributed by atoms with Gasteiger partial charge < -0.3 is 0 Å². The van der Waals surface area contributed by atoms with Gasteiger partial charge in [-0.25, -0.2) is 4.09 Å². The number of rotatable bonds is 1. The molecule has 0 unspecified atom stereocenters. The zero-order valence-corrected chi connectivity index (χ0v) is 5.82. The third kappa shape index (κ3) is 1.21. The molecule has 4 heteroatoms. The first-order chi connectivity index (χ1) is 3.43. The largest absolute Gasteiger partial charge is 0.203 e. The Morgan fingerprint density at radius 3 is 2.86 bits per heavy atom. The molecule has 0 aliphatic heterocycles. The Balaban J connectivity index is 2.76. The second kappa shape index (κ2) is 2.37. The van der Waals surface area contributed by atoms with E-state index in [1.54, 1.807) is 10.3 Å². The molecule has 0 aliphatic rings. The molecule has 0 atom stereocenters. The molecule has 0 aromatic carbocycles. The summed E-state index contributed by atoms with van der Waals surface area (Å²) in [5, 5.41) is 3.87. The van der Waals surface area contributed by atoms with Crippen LogP contribution in [0, 0.1) is 0 Å². The van der Waals surface area contributed by atoms with Crippen molar-refractivity contribution in [3.8, 4) is 0 Å². The molecule has 38 valence electrons. The summed E-state index contributed by atoms with van der Waals surface area (Å²) in [6.07, 6.45) is 3.59. The quantitative estimate of drug-likeness (QED) is 0.652. The Hall–Kier alpha value is 0.0400. The SMILES string of the molecule is BrSn1cccn1. The molecule has 1 heterocycles. The molecule has 7 heavy (non-hydrogen) atoms. The lowest BCUT2D eigenvalue weighted by Crippen LogP contribution is -1.77. The number of aromatic nitrogens is 2. The first-order valence-electron chi connectivity index (χ1n) is 1.72. The van der Waals surface area contributed by atoms with E-state index in [0.717, 1.165) is 0 Å². The molecule has 1 aromatic heterocycles. The average Bonchev–Trinajstić information content (AvgIpc) is 2.14. The Bertz CT molecular complexity index is 127. The van der Waals surface area contributed by atoms with Crippen molar-refractivity contribution in [1.82, 2.24) is 9.19 Å². The number of nitrogens with zero attached hydrogens (tertiary/aromatic N) is 2. The second-order valence-electron chi connectivity index (χ2n) is 0.978. The normalized spacial score (nSPS) is 9.29. The Labute approximate surface area is 53.2 Å². The van der Waals surface area contributed by atoms with Crippen LogP contribution in [0.3, 0.4) is 0 Å². The van der Waals surface area contributed by atoms with Gasteiger partial charge in [-0.3, -0.25) is 0 Å². The molecule has 1 aromatic rings. The summed E-state index contributed by atoms with van der Waals surface area (Å²) >= 11 is 3.15. The molecule has 0 aliphatic carbocycles. The standard InChI is InChI=1S/C3H3BrN2S/c4-7-6-3-1-2-5-6/h1-3H. The van der Waals surface area contributed by atoms with E-state index < -0.39 is 0 Å². The van der Waals surface area contributed by atoms with Gasteiger partial charge in [0.2, 0.25) is 0 Å². The zero-order chi connectivity index (χ0) is 5.11. The molecule has 1 rings (SSSR count). The van der Waals surface area contributed by atoms with Crippen LogP contribution in [-0.2, 0) is 0 Å². The van der Waals surface area contributed by atoms with Crippen molar-refractivity contribution in [2.75, 3.05) is 0 Å². The molecular formula is C3H3BrN2S. The topological polar surface area (TPSA) is 17.8 Å². The summed E-state index contributed by atoms with van der Waals surface area (Å²) < 4.78 is 1.71. The van der Waals surface area contributed by atoms with Crippen molar-refractivity contribution >= 4 is 25.2 Å². The van der Waals surface area contributed by atoms with Crippen LogP contribution in [0.5, 0.6) is 0 Å². The van der Waals surface area contributed by atoms with Gasteiger partial charge >= 0.3 is 0 Å². The molecular weight excluding hydrogens is 176 g/mol. The van der Waals surface area contributed by atoms with Crippen LogP contribution in [0.1, 0.15) is 0 Å². The van der Waals surface area contributed by atoms with Gasteiger partial charge in [0.15, 0.2) is 0 Å². The van der Waals surface area contributed by atoms with Gasteiger partial charge in [-0.1, -0.05) is 0 Å². The summed E-state index contributed by atoms with van der Waals surface area (Å²) in [6, 6.07) is 1.87. The van der Waals surface area contributed by atoms with E-state index >= 15 is 0 Å². The van der Waals surface area contributed by atoms with Crippen LogP contribution < -0.4 is 0 Å². The maximum absolute atomic E-state index is 3.87. The number of hydrogen-bond acceptors (Lipinski definition) is 2. The molecule has 0 amide bonds. The summed E-state index contributed by atoms with van der Waals surface area (Å²) in [5.41, 5.74) is 0. The molecule has 0 radical (unpaired) electrons. The maximum Gasteiger partial charge on any atom is 0.0544 e. The van der Waals surface area contributed by atoms with Crippen molar-refractivity contribution in [3.05, 3.63) is 18.5 Å². The van der Waals surface area contributed by atoms with Crippen LogP contribution in [-0.4, -0.2) is 9.19 Å². The van der Waals surface area contributed by atoms with E-state index in [2.05, 4.69) is 19.9 Å². The minimum absolute atomic E-state index is 1.39. The highest BCUT2D eigenvalue weighted by molar-refractivity contribution is 9.49. The molecule has 0 fully saturated rings. The lowest BCUT2D eigenvalue weighted by molar-refractivity contribution is 1.02. The lowest BCUT2D eigenvalue weighted by atomic mass is 10.8. The van der Waals surface area contributed by atoms with Crippen molar-refractivity contribution in [2.45, 2.75) is 0 Å². The summed E-state index contributed by atoms with van der Waals surface area (Å²) in [7, 11) is 1.39. The van der Waals surface area contributed by atoms with Crippen molar-refractivity contribution in [2.24, 2.45) is 0 Å². The van der Waals surface area contributed by atoms with E-state index in [1.165, 1.54) is 10.4 Å². The molecule has 0 saturated carbocycles. The van der Waals surface area contributed by atoms with Gasteiger partial charge in [0.25, 0.3) is 0 Å². The van der Waals surface area contributed by atoms with Crippen LogP contribution in [0.4, 0.5) is 0 Å². The molecule has 0 N–H and O–H groups in total. The predicted molar refractivity (Wildman–Crippen MR) is 34.1 cm³/mol. The van der Waals surface area contributed by atoms with Crippen molar-refractivity contribution in [3.63, 3.8) is 0 Å². The summed E-state index contributed by atoms with van der Waals surface area (Å²) in [4.78, 5) is 0. The van der Waals surface area contributed by atoms with Gasteiger partial charge in [-0.05, 0) is 6.07 Å². The summed E-state index contributed by atoms with van der Waals surface area (Å²) in [6.45, 7) is 0.